The highest BCUT2D eigenvalue weighted by Crippen LogP contribution is 2.31. The molecule has 4 nitrogen and oxygen atoms in total. The number of para-hydroxylation sites is 1. The van der Waals surface area contributed by atoms with Crippen LogP contribution in [0.4, 0.5) is 4.39 Å². The van der Waals surface area contributed by atoms with E-state index in [-0.39, 0.29) is 5.56 Å². The third-order valence-corrected chi connectivity index (χ3v) is 4.67. The molecule has 0 atom stereocenters. The van der Waals surface area contributed by atoms with E-state index in [1.807, 2.05) is 35.7 Å². The molecule has 0 aliphatic rings. The van der Waals surface area contributed by atoms with Crippen molar-refractivity contribution in [2.45, 2.75) is 0 Å². The summed E-state index contributed by atoms with van der Waals surface area (Å²) in [4.78, 5) is 20.0. The van der Waals surface area contributed by atoms with Crippen molar-refractivity contribution in [3.63, 3.8) is 0 Å². The Bertz CT molecular complexity index is 1050. The first kappa shape index (κ1) is 14.6. The van der Waals surface area contributed by atoms with Crippen molar-refractivity contribution in [1.29, 1.82) is 0 Å². The number of thiophene rings is 1. The third-order valence-electron chi connectivity index (χ3n) is 3.79. The minimum Gasteiger partial charge on any atom is -0.337 e. The van der Waals surface area contributed by atoms with Gasteiger partial charge in [0.2, 0.25) is 0 Å². The van der Waals surface area contributed by atoms with Gasteiger partial charge >= 0.3 is 0 Å². The fourth-order valence-corrected chi connectivity index (χ4v) is 3.33. The van der Waals surface area contributed by atoms with E-state index in [1.165, 1.54) is 12.1 Å². The van der Waals surface area contributed by atoms with Crippen molar-refractivity contribution < 1.29 is 9.18 Å². The van der Waals surface area contributed by atoms with Gasteiger partial charge in [-0.05, 0) is 35.2 Å². The molecule has 6 heteroatoms. The molecule has 117 valence electrons. The Kier molecular flexibility index (Phi) is 3.39. The van der Waals surface area contributed by atoms with Gasteiger partial charge in [0.05, 0.1) is 21.5 Å². The molecule has 2 heterocycles. The van der Waals surface area contributed by atoms with Gasteiger partial charge in [-0.2, -0.15) is 0 Å². The summed E-state index contributed by atoms with van der Waals surface area (Å²) in [5.41, 5.74) is 9.81. The van der Waals surface area contributed by atoms with Crippen molar-refractivity contribution in [2.75, 3.05) is 0 Å². The van der Waals surface area contributed by atoms with E-state index >= 15 is 0 Å². The Hall–Kier alpha value is -2.99. The second-order valence-corrected chi connectivity index (χ2v) is 6.24. The number of benzene rings is 2. The molecule has 1 radical (unpaired) electrons. The molecule has 0 saturated carbocycles. The Morgan fingerprint density at radius 1 is 1.17 bits per heavy atom. The minimum absolute atomic E-state index is 0.229. The van der Waals surface area contributed by atoms with Crippen LogP contribution in [0.5, 0.6) is 0 Å². The maximum atomic E-state index is 14.0. The molecule has 2 aromatic heterocycles. The van der Waals surface area contributed by atoms with Crippen LogP contribution in [0.2, 0.25) is 0 Å². The molecule has 24 heavy (non-hydrogen) atoms. The predicted molar refractivity (Wildman–Crippen MR) is 92.2 cm³/mol. The topological polar surface area (TPSA) is 69.6 Å². The lowest BCUT2D eigenvalue weighted by molar-refractivity contribution is 0.0988. The van der Waals surface area contributed by atoms with Crippen molar-refractivity contribution in [3.05, 3.63) is 65.3 Å². The highest BCUT2D eigenvalue weighted by atomic mass is 32.1. The van der Waals surface area contributed by atoms with Crippen molar-refractivity contribution in [2.24, 2.45) is 0 Å². The number of carbonyl (C=O) groups excluding carboxylic acids is 1. The van der Waals surface area contributed by atoms with E-state index in [9.17, 15) is 9.18 Å². The molecule has 0 saturated heterocycles. The molecule has 4 aromatic rings. The van der Waals surface area contributed by atoms with Gasteiger partial charge in [0.25, 0.3) is 5.91 Å². The normalized spacial score (nSPS) is 11.0. The zero-order valence-corrected chi connectivity index (χ0v) is 13.2. The standard InChI is InChI=1S/C18H11FN3OS/c19-13-9-10(6-7-12(13)17(20)23)11-3-1-4-14-16(11)22-18(21-14)15-5-2-8-24-15/h1-9,20H,(H,21,22). The Morgan fingerprint density at radius 2 is 2.04 bits per heavy atom. The number of imidazole rings is 1. The maximum Gasteiger partial charge on any atom is 0.272 e. The van der Waals surface area contributed by atoms with Gasteiger partial charge < -0.3 is 4.98 Å². The van der Waals surface area contributed by atoms with E-state index in [0.29, 0.717) is 5.56 Å². The van der Waals surface area contributed by atoms with Crippen molar-refractivity contribution >= 4 is 28.3 Å². The molecule has 0 aliphatic carbocycles. The monoisotopic (exact) mass is 336 g/mol. The smallest absolute Gasteiger partial charge is 0.272 e. The molecule has 0 bridgehead atoms. The second-order valence-electron chi connectivity index (χ2n) is 5.29. The van der Waals surface area contributed by atoms with Gasteiger partial charge in [-0.25, -0.2) is 9.37 Å². The summed E-state index contributed by atoms with van der Waals surface area (Å²) in [7, 11) is 0. The predicted octanol–water partition coefficient (Wildman–Crippen LogP) is 4.52. The van der Waals surface area contributed by atoms with Crippen LogP contribution in [0.15, 0.2) is 53.9 Å². The Balaban J connectivity index is 1.88. The SMILES string of the molecule is [NH]C(=O)c1ccc(-c2cccc3[nH]c(-c4cccs4)nc23)cc1F. The summed E-state index contributed by atoms with van der Waals surface area (Å²) in [6, 6.07) is 13.8. The highest BCUT2D eigenvalue weighted by molar-refractivity contribution is 7.13. The quantitative estimate of drug-likeness (QED) is 0.597. The number of halogens is 1. The van der Waals surface area contributed by atoms with Crippen LogP contribution >= 0.6 is 11.3 Å². The van der Waals surface area contributed by atoms with Crippen LogP contribution < -0.4 is 5.73 Å². The van der Waals surface area contributed by atoms with Crippen LogP contribution in [-0.2, 0) is 0 Å². The Labute approximate surface area is 140 Å². The number of nitrogens with zero attached hydrogens (tertiary/aromatic N) is 1. The van der Waals surface area contributed by atoms with E-state index in [1.54, 1.807) is 17.4 Å². The van der Waals surface area contributed by atoms with E-state index in [4.69, 9.17) is 5.73 Å². The van der Waals surface area contributed by atoms with Crippen LogP contribution in [0.3, 0.4) is 0 Å². The molecule has 0 spiro atoms. The number of aromatic nitrogens is 2. The first-order valence-corrected chi connectivity index (χ1v) is 8.10. The van der Waals surface area contributed by atoms with Crippen LogP contribution in [0, 0.1) is 5.82 Å². The second kappa shape index (κ2) is 5.58. The summed E-state index contributed by atoms with van der Waals surface area (Å²) in [6.07, 6.45) is 0. The molecule has 0 aliphatic heterocycles. The van der Waals surface area contributed by atoms with Gasteiger partial charge in [-0.3, -0.25) is 10.5 Å². The fourth-order valence-electron chi connectivity index (χ4n) is 2.66. The van der Waals surface area contributed by atoms with Gasteiger partial charge in [-0.1, -0.05) is 24.3 Å². The summed E-state index contributed by atoms with van der Waals surface area (Å²) in [5.74, 6) is -0.957. The number of aromatic amines is 1. The average molecular weight is 336 g/mol. The molecule has 2 N–H and O–H groups in total. The van der Waals surface area contributed by atoms with Crippen molar-refractivity contribution in [1.82, 2.24) is 15.7 Å². The summed E-state index contributed by atoms with van der Waals surface area (Å²) in [6.45, 7) is 0. The number of nitrogens with one attached hydrogen (secondary N) is 2. The number of H-pyrrole nitrogens is 1. The van der Waals surface area contributed by atoms with Gasteiger partial charge in [0.15, 0.2) is 0 Å². The maximum absolute atomic E-state index is 14.0. The molecule has 2 aromatic carbocycles. The lowest BCUT2D eigenvalue weighted by Gasteiger charge is -2.05. The summed E-state index contributed by atoms with van der Waals surface area (Å²) >= 11 is 1.59. The molecular weight excluding hydrogens is 325 g/mol. The fraction of sp³-hybridized carbons (Fsp3) is 0. The van der Waals surface area contributed by atoms with Gasteiger partial charge in [0, 0.05) is 5.56 Å². The molecule has 4 rings (SSSR count). The number of rotatable bonds is 3. The van der Waals surface area contributed by atoms with E-state index in [0.717, 1.165) is 27.3 Å². The van der Waals surface area contributed by atoms with Crippen LogP contribution in [0.25, 0.3) is 32.9 Å². The minimum atomic E-state index is -1.03. The lowest BCUT2D eigenvalue weighted by Crippen LogP contribution is -2.02. The zero-order valence-electron chi connectivity index (χ0n) is 12.3. The van der Waals surface area contributed by atoms with Gasteiger partial charge in [0.1, 0.15) is 11.6 Å². The number of fused-ring (bicyclic) bond motifs is 1. The van der Waals surface area contributed by atoms with Gasteiger partial charge in [-0.15, -0.1) is 11.3 Å². The van der Waals surface area contributed by atoms with Crippen molar-refractivity contribution in [3.8, 4) is 21.8 Å². The first-order chi connectivity index (χ1) is 11.6. The number of hydrogen-bond acceptors (Lipinski definition) is 3. The molecule has 0 unspecified atom stereocenters. The highest BCUT2D eigenvalue weighted by Gasteiger charge is 2.14. The van der Waals surface area contributed by atoms with Crippen LogP contribution in [-0.4, -0.2) is 15.9 Å². The third kappa shape index (κ3) is 2.37. The number of hydrogen-bond donors (Lipinski definition) is 1. The van der Waals surface area contributed by atoms with Crippen LogP contribution in [0.1, 0.15) is 10.4 Å². The Morgan fingerprint density at radius 3 is 2.75 bits per heavy atom. The largest absolute Gasteiger partial charge is 0.337 e. The number of carbonyl (C=O) groups is 1. The summed E-state index contributed by atoms with van der Waals surface area (Å²) < 4.78 is 14.0. The number of amides is 1. The average Bonchev–Trinajstić information content (AvgIpc) is 3.22. The first-order valence-electron chi connectivity index (χ1n) is 7.22. The van der Waals surface area contributed by atoms with E-state index in [2.05, 4.69) is 9.97 Å². The molecular formula is C18H11FN3OS. The molecule has 1 amide bonds. The lowest BCUT2D eigenvalue weighted by atomic mass is 10.0. The molecule has 0 fully saturated rings. The van der Waals surface area contributed by atoms with E-state index < -0.39 is 11.7 Å². The zero-order chi connectivity index (χ0) is 16.7. The summed E-state index contributed by atoms with van der Waals surface area (Å²) in [5, 5.41) is 1.98.